The number of ether oxygens (including phenoxy) is 1. The van der Waals surface area contributed by atoms with Gasteiger partial charge in [0.05, 0.1) is 29.1 Å². The zero-order chi connectivity index (χ0) is 26.0. The van der Waals surface area contributed by atoms with E-state index in [1.807, 2.05) is 0 Å². The Morgan fingerprint density at radius 3 is 2.09 bits per heavy atom. The molecule has 184 valence electrons. The smallest absolute Gasteiger partial charge is 0.416 e. The van der Waals surface area contributed by atoms with Gasteiger partial charge in [0.15, 0.2) is 5.60 Å². The number of carboxylic acids is 1. The zero-order valence-electron chi connectivity index (χ0n) is 19.7. The van der Waals surface area contributed by atoms with E-state index in [2.05, 4.69) is 4.98 Å². The number of aryl methyl sites for hydroxylation is 1. The first-order valence-corrected chi connectivity index (χ1v) is 10.7. The van der Waals surface area contributed by atoms with Gasteiger partial charge in [-0.15, -0.1) is 0 Å². The standard InChI is InChI=1S/C26H25F3N2O4/c1-16-22(14-13-21(30-16)18-7-9-19(10-8-18)26(27,28)29)31(4)23(32)15-17-5-11-20(12-6-17)35-25(2,3)24(33)34/h5-14H,15H2,1-4H3,(H,33,34). The van der Waals surface area contributed by atoms with Crippen molar-refractivity contribution in [1.29, 1.82) is 0 Å². The summed E-state index contributed by atoms with van der Waals surface area (Å²) in [6, 6.07) is 14.7. The number of anilines is 1. The van der Waals surface area contributed by atoms with E-state index < -0.39 is 23.3 Å². The quantitative estimate of drug-likeness (QED) is 0.476. The number of carboxylic acid groups (broad SMARTS) is 1. The van der Waals surface area contributed by atoms with Crippen LogP contribution in [0.15, 0.2) is 60.7 Å². The summed E-state index contributed by atoms with van der Waals surface area (Å²) < 4.78 is 43.8. The minimum atomic E-state index is -4.41. The minimum absolute atomic E-state index is 0.0964. The van der Waals surface area contributed by atoms with Crippen molar-refractivity contribution in [3.8, 4) is 17.0 Å². The maximum atomic E-state index is 12.8. The Kier molecular flexibility index (Phi) is 7.19. The van der Waals surface area contributed by atoms with Crippen molar-refractivity contribution in [2.24, 2.45) is 0 Å². The highest BCUT2D eigenvalue weighted by atomic mass is 19.4. The van der Waals surface area contributed by atoms with Crippen molar-refractivity contribution >= 4 is 17.6 Å². The first-order chi connectivity index (χ1) is 16.3. The maximum Gasteiger partial charge on any atom is 0.416 e. The van der Waals surface area contributed by atoms with E-state index in [0.29, 0.717) is 34.0 Å². The summed E-state index contributed by atoms with van der Waals surface area (Å²) in [7, 11) is 1.62. The molecule has 35 heavy (non-hydrogen) atoms. The Morgan fingerprint density at radius 2 is 1.57 bits per heavy atom. The summed E-state index contributed by atoms with van der Waals surface area (Å²) in [6.07, 6.45) is -4.31. The van der Waals surface area contributed by atoms with Gasteiger partial charge in [-0.25, -0.2) is 4.79 Å². The summed E-state index contributed by atoms with van der Waals surface area (Å²) in [5.41, 5.74) is 0.774. The van der Waals surface area contributed by atoms with Gasteiger partial charge < -0.3 is 14.7 Å². The number of aromatic nitrogens is 1. The average Bonchev–Trinajstić information content (AvgIpc) is 2.79. The number of alkyl halides is 3. The van der Waals surface area contributed by atoms with Crippen LogP contribution in [0.4, 0.5) is 18.9 Å². The molecule has 1 amide bonds. The Hall–Kier alpha value is -3.88. The monoisotopic (exact) mass is 486 g/mol. The van der Waals surface area contributed by atoms with Gasteiger partial charge in [-0.05, 0) is 62.7 Å². The molecule has 0 aliphatic carbocycles. The molecule has 0 atom stereocenters. The summed E-state index contributed by atoms with van der Waals surface area (Å²) in [5.74, 6) is -0.913. The van der Waals surface area contributed by atoms with Crippen LogP contribution in [0.1, 0.15) is 30.7 Å². The van der Waals surface area contributed by atoms with Crippen LogP contribution in [0, 0.1) is 6.92 Å². The van der Waals surface area contributed by atoms with E-state index in [1.165, 1.54) is 30.9 Å². The number of halogens is 3. The summed E-state index contributed by atoms with van der Waals surface area (Å²) in [6.45, 7) is 4.62. The lowest BCUT2D eigenvalue weighted by Crippen LogP contribution is -2.37. The highest BCUT2D eigenvalue weighted by Crippen LogP contribution is 2.31. The van der Waals surface area contributed by atoms with Gasteiger partial charge >= 0.3 is 12.1 Å². The molecule has 0 saturated carbocycles. The fraction of sp³-hybridized carbons (Fsp3) is 0.269. The number of carbonyl (C=O) groups is 2. The molecule has 0 aliphatic heterocycles. The van der Waals surface area contributed by atoms with E-state index in [4.69, 9.17) is 9.84 Å². The Labute approximate surface area is 201 Å². The Bertz CT molecular complexity index is 1220. The van der Waals surface area contributed by atoms with Crippen molar-refractivity contribution in [2.75, 3.05) is 11.9 Å². The number of hydrogen-bond acceptors (Lipinski definition) is 4. The Morgan fingerprint density at radius 1 is 0.971 bits per heavy atom. The molecule has 1 heterocycles. The van der Waals surface area contributed by atoms with E-state index in [9.17, 15) is 22.8 Å². The number of likely N-dealkylation sites (N-methyl/N-ethyl adjacent to an activating group) is 1. The SMILES string of the molecule is Cc1nc(-c2ccc(C(F)(F)F)cc2)ccc1N(C)C(=O)Cc1ccc(OC(C)(C)C(=O)O)cc1. The highest BCUT2D eigenvalue weighted by Gasteiger charge is 2.30. The number of benzene rings is 2. The lowest BCUT2D eigenvalue weighted by molar-refractivity contribution is -0.152. The topological polar surface area (TPSA) is 79.7 Å². The number of nitrogens with zero attached hydrogens (tertiary/aromatic N) is 2. The lowest BCUT2D eigenvalue weighted by atomic mass is 10.1. The van der Waals surface area contributed by atoms with Crippen molar-refractivity contribution in [3.05, 3.63) is 77.5 Å². The van der Waals surface area contributed by atoms with Gasteiger partial charge in [0, 0.05) is 12.6 Å². The van der Waals surface area contributed by atoms with Crippen LogP contribution in [0.5, 0.6) is 5.75 Å². The van der Waals surface area contributed by atoms with Gasteiger partial charge in [-0.1, -0.05) is 24.3 Å². The molecule has 0 fully saturated rings. The van der Waals surface area contributed by atoms with Gasteiger partial charge in [0.1, 0.15) is 5.75 Å². The lowest BCUT2D eigenvalue weighted by Gasteiger charge is -2.22. The molecule has 1 N–H and O–H groups in total. The third kappa shape index (κ3) is 6.17. The number of hydrogen-bond donors (Lipinski definition) is 1. The normalized spacial score (nSPS) is 11.7. The molecule has 1 aromatic heterocycles. The van der Waals surface area contributed by atoms with Gasteiger partial charge in [0.2, 0.25) is 5.91 Å². The number of amides is 1. The summed E-state index contributed by atoms with van der Waals surface area (Å²) in [4.78, 5) is 30.0. The van der Waals surface area contributed by atoms with Crippen molar-refractivity contribution in [3.63, 3.8) is 0 Å². The molecule has 2 aromatic carbocycles. The number of aliphatic carboxylic acids is 1. The van der Waals surface area contributed by atoms with Crippen LogP contribution in [-0.2, 0) is 22.2 Å². The molecule has 9 heteroatoms. The summed E-state index contributed by atoms with van der Waals surface area (Å²) >= 11 is 0. The number of rotatable bonds is 7. The highest BCUT2D eigenvalue weighted by molar-refractivity contribution is 5.95. The first kappa shape index (κ1) is 25.7. The van der Waals surface area contributed by atoms with Crippen molar-refractivity contribution in [1.82, 2.24) is 4.98 Å². The third-order valence-electron chi connectivity index (χ3n) is 5.47. The third-order valence-corrected chi connectivity index (χ3v) is 5.47. The second-order valence-corrected chi connectivity index (χ2v) is 8.57. The van der Waals surface area contributed by atoms with Crippen LogP contribution >= 0.6 is 0 Å². The van der Waals surface area contributed by atoms with Crippen LogP contribution in [-0.4, -0.2) is 34.6 Å². The van der Waals surface area contributed by atoms with Crippen LogP contribution in [0.25, 0.3) is 11.3 Å². The fourth-order valence-corrected chi connectivity index (χ4v) is 3.34. The second kappa shape index (κ2) is 9.77. The molecular weight excluding hydrogens is 461 g/mol. The molecule has 0 saturated heterocycles. The van der Waals surface area contributed by atoms with Gasteiger partial charge in [-0.3, -0.25) is 9.78 Å². The second-order valence-electron chi connectivity index (χ2n) is 8.57. The van der Waals surface area contributed by atoms with E-state index in [1.54, 1.807) is 50.4 Å². The van der Waals surface area contributed by atoms with E-state index in [0.717, 1.165) is 12.1 Å². The minimum Gasteiger partial charge on any atom is -0.478 e. The zero-order valence-corrected chi connectivity index (χ0v) is 19.7. The maximum absolute atomic E-state index is 12.8. The van der Waals surface area contributed by atoms with Crippen LogP contribution < -0.4 is 9.64 Å². The average molecular weight is 486 g/mol. The molecule has 3 rings (SSSR count). The molecule has 0 aliphatic rings. The first-order valence-electron chi connectivity index (χ1n) is 10.7. The van der Waals surface area contributed by atoms with Gasteiger partial charge in [-0.2, -0.15) is 13.2 Å². The largest absolute Gasteiger partial charge is 0.478 e. The van der Waals surface area contributed by atoms with Crippen molar-refractivity contribution < 1.29 is 32.6 Å². The molecule has 0 spiro atoms. The van der Waals surface area contributed by atoms with Crippen LogP contribution in [0.3, 0.4) is 0 Å². The Balaban J connectivity index is 1.69. The predicted octanol–water partition coefficient (Wildman–Crippen LogP) is 5.52. The molecule has 0 bridgehead atoms. The molecule has 0 unspecified atom stereocenters. The number of carbonyl (C=O) groups excluding carboxylic acids is 1. The molecular formula is C26H25F3N2O4. The molecule has 0 radical (unpaired) electrons. The van der Waals surface area contributed by atoms with E-state index in [-0.39, 0.29) is 12.3 Å². The molecule has 3 aromatic rings. The van der Waals surface area contributed by atoms with E-state index >= 15 is 0 Å². The summed E-state index contributed by atoms with van der Waals surface area (Å²) in [5, 5.41) is 9.17. The fourth-order valence-electron chi connectivity index (χ4n) is 3.34. The van der Waals surface area contributed by atoms with Gasteiger partial charge in [0.25, 0.3) is 0 Å². The molecule has 6 nitrogen and oxygen atoms in total. The predicted molar refractivity (Wildman–Crippen MR) is 125 cm³/mol. The van der Waals surface area contributed by atoms with Crippen LogP contribution in [0.2, 0.25) is 0 Å². The number of pyridine rings is 1. The van der Waals surface area contributed by atoms with Crippen molar-refractivity contribution in [2.45, 2.75) is 39.0 Å².